The number of hydrogen-bond acceptors (Lipinski definition) is 4. The van der Waals surface area contributed by atoms with Crippen LogP contribution in [-0.2, 0) is 10.0 Å². The fraction of sp³-hybridized carbons (Fsp3) is 0.0714. The molecule has 0 saturated carbocycles. The second-order valence-electron chi connectivity index (χ2n) is 4.28. The third-order valence-electron chi connectivity index (χ3n) is 2.99. The normalized spacial score (nSPS) is 10.9. The molecular weight excluding hydrogens is 293 g/mol. The Morgan fingerprint density at radius 1 is 1.24 bits per heavy atom. The molecule has 0 atom stereocenters. The van der Waals surface area contributed by atoms with E-state index in [2.05, 4.69) is 0 Å². The largest absolute Gasteiger partial charge is 0.396 e. The van der Waals surface area contributed by atoms with Crippen molar-refractivity contribution in [2.75, 3.05) is 17.1 Å². The van der Waals surface area contributed by atoms with Gasteiger partial charge in [-0.25, -0.2) is 12.8 Å². The van der Waals surface area contributed by atoms with Crippen molar-refractivity contribution in [1.29, 1.82) is 5.26 Å². The van der Waals surface area contributed by atoms with E-state index in [9.17, 15) is 12.8 Å². The van der Waals surface area contributed by atoms with Crippen LogP contribution in [0.15, 0.2) is 47.4 Å². The number of rotatable bonds is 3. The summed E-state index contributed by atoms with van der Waals surface area (Å²) >= 11 is 0. The van der Waals surface area contributed by atoms with E-state index in [0.29, 0.717) is 0 Å². The van der Waals surface area contributed by atoms with Gasteiger partial charge in [-0.05, 0) is 30.3 Å². The van der Waals surface area contributed by atoms with E-state index in [1.807, 2.05) is 6.07 Å². The number of nitriles is 1. The van der Waals surface area contributed by atoms with Crippen LogP contribution in [0.1, 0.15) is 5.56 Å². The molecule has 0 heterocycles. The number of sulfonamides is 1. The molecule has 0 spiro atoms. The van der Waals surface area contributed by atoms with Crippen molar-refractivity contribution in [2.45, 2.75) is 4.90 Å². The molecule has 2 rings (SSSR count). The Bertz CT molecular complexity index is 828. The maximum absolute atomic E-state index is 13.2. The molecular formula is C14H12FN3O2S. The molecule has 0 unspecified atom stereocenters. The molecule has 0 aromatic heterocycles. The number of nitrogen functional groups attached to an aromatic ring is 1. The lowest BCUT2D eigenvalue weighted by molar-refractivity contribution is 0.593. The summed E-state index contributed by atoms with van der Waals surface area (Å²) < 4.78 is 39.1. The summed E-state index contributed by atoms with van der Waals surface area (Å²) in [5.74, 6) is -0.686. The Balaban J connectivity index is 2.53. The molecule has 108 valence electrons. The Hall–Kier alpha value is -2.59. The molecule has 7 heteroatoms. The van der Waals surface area contributed by atoms with Gasteiger partial charge in [0, 0.05) is 7.05 Å². The smallest absolute Gasteiger partial charge is 0.264 e. The van der Waals surface area contributed by atoms with E-state index in [1.54, 1.807) is 12.1 Å². The van der Waals surface area contributed by atoms with Gasteiger partial charge in [0.25, 0.3) is 10.0 Å². The molecule has 21 heavy (non-hydrogen) atoms. The predicted octanol–water partition coefficient (Wildman–Crippen LogP) is 2.10. The molecule has 2 N–H and O–H groups in total. The van der Waals surface area contributed by atoms with Crippen LogP contribution in [-0.4, -0.2) is 15.5 Å². The van der Waals surface area contributed by atoms with E-state index in [-0.39, 0.29) is 21.8 Å². The number of nitrogens with zero attached hydrogens (tertiary/aromatic N) is 2. The average molecular weight is 305 g/mol. The molecule has 0 saturated heterocycles. The van der Waals surface area contributed by atoms with Gasteiger partial charge in [0.2, 0.25) is 0 Å². The van der Waals surface area contributed by atoms with Crippen LogP contribution in [0.25, 0.3) is 0 Å². The number of nitrogens with two attached hydrogens (primary N) is 1. The molecule has 0 bridgehead atoms. The van der Waals surface area contributed by atoms with E-state index < -0.39 is 15.8 Å². The zero-order chi connectivity index (χ0) is 15.6. The standard InChI is InChI=1S/C14H12FN3O2S/c1-18(14-5-3-2-4-10(14)9-16)21(19,20)11-6-7-12(15)13(17)8-11/h2-8H,17H2,1H3. The van der Waals surface area contributed by atoms with Crippen molar-refractivity contribution < 1.29 is 12.8 Å². The summed E-state index contributed by atoms with van der Waals surface area (Å²) in [5, 5.41) is 9.04. The number of para-hydroxylation sites is 1. The minimum absolute atomic E-state index is 0.142. The first-order valence-corrected chi connectivity index (χ1v) is 7.35. The van der Waals surface area contributed by atoms with Crippen molar-refractivity contribution in [3.63, 3.8) is 0 Å². The van der Waals surface area contributed by atoms with Crippen molar-refractivity contribution >= 4 is 21.4 Å². The summed E-state index contributed by atoms with van der Waals surface area (Å²) in [6.45, 7) is 0. The van der Waals surface area contributed by atoms with Gasteiger partial charge in [-0.2, -0.15) is 5.26 Å². The highest BCUT2D eigenvalue weighted by molar-refractivity contribution is 7.92. The number of anilines is 2. The van der Waals surface area contributed by atoms with E-state index in [4.69, 9.17) is 11.0 Å². The molecule has 2 aromatic rings. The van der Waals surface area contributed by atoms with E-state index in [0.717, 1.165) is 22.5 Å². The zero-order valence-electron chi connectivity index (χ0n) is 11.1. The molecule has 0 aliphatic rings. The van der Waals surface area contributed by atoms with Crippen LogP contribution in [0.3, 0.4) is 0 Å². The van der Waals surface area contributed by atoms with Crippen LogP contribution in [0, 0.1) is 17.1 Å². The predicted molar refractivity (Wildman–Crippen MR) is 77.6 cm³/mol. The highest BCUT2D eigenvalue weighted by Crippen LogP contribution is 2.26. The first-order chi connectivity index (χ1) is 9.87. The van der Waals surface area contributed by atoms with Gasteiger partial charge in [-0.15, -0.1) is 0 Å². The Kier molecular flexibility index (Phi) is 3.82. The molecule has 0 aliphatic carbocycles. The highest BCUT2D eigenvalue weighted by Gasteiger charge is 2.23. The third kappa shape index (κ3) is 2.66. The molecule has 0 radical (unpaired) electrons. The minimum atomic E-state index is -3.93. The van der Waals surface area contributed by atoms with Crippen LogP contribution >= 0.6 is 0 Å². The topological polar surface area (TPSA) is 87.2 Å². The highest BCUT2D eigenvalue weighted by atomic mass is 32.2. The van der Waals surface area contributed by atoms with Crippen LogP contribution in [0.5, 0.6) is 0 Å². The second-order valence-corrected chi connectivity index (χ2v) is 6.25. The Morgan fingerprint density at radius 3 is 2.52 bits per heavy atom. The van der Waals surface area contributed by atoms with Gasteiger partial charge in [-0.1, -0.05) is 12.1 Å². The van der Waals surface area contributed by atoms with Crippen LogP contribution in [0.4, 0.5) is 15.8 Å². The SMILES string of the molecule is CN(c1ccccc1C#N)S(=O)(=O)c1ccc(F)c(N)c1. The quantitative estimate of drug-likeness (QED) is 0.880. The average Bonchev–Trinajstić information content (AvgIpc) is 2.49. The van der Waals surface area contributed by atoms with Gasteiger partial charge >= 0.3 is 0 Å². The first-order valence-electron chi connectivity index (χ1n) is 5.91. The van der Waals surface area contributed by atoms with E-state index in [1.165, 1.54) is 19.2 Å². The fourth-order valence-corrected chi connectivity index (χ4v) is 3.06. The fourth-order valence-electron chi connectivity index (χ4n) is 1.81. The van der Waals surface area contributed by atoms with Gasteiger partial charge in [0.15, 0.2) is 0 Å². The summed E-state index contributed by atoms with van der Waals surface area (Å²) in [7, 11) is -2.60. The second kappa shape index (κ2) is 5.42. The number of halogens is 1. The maximum Gasteiger partial charge on any atom is 0.264 e. The summed E-state index contributed by atoms with van der Waals surface area (Å²) in [4.78, 5) is -0.142. The molecule has 5 nitrogen and oxygen atoms in total. The number of benzene rings is 2. The van der Waals surface area contributed by atoms with Crippen LogP contribution < -0.4 is 10.0 Å². The maximum atomic E-state index is 13.2. The van der Waals surface area contributed by atoms with E-state index >= 15 is 0 Å². The Labute approximate surface area is 122 Å². The summed E-state index contributed by atoms with van der Waals surface area (Å²) in [5.41, 5.74) is 5.61. The zero-order valence-corrected chi connectivity index (χ0v) is 11.9. The van der Waals surface area contributed by atoms with Crippen molar-refractivity contribution in [2.24, 2.45) is 0 Å². The molecule has 2 aromatic carbocycles. The van der Waals surface area contributed by atoms with Crippen molar-refractivity contribution in [3.05, 3.63) is 53.8 Å². The lowest BCUT2D eigenvalue weighted by atomic mass is 10.2. The monoisotopic (exact) mass is 305 g/mol. The van der Waals surface area contributed by atoms with Crippen molar-refractivity contribution in [3.8, 4) is 6.07 Å². The van der Waals surface area contributed by atoms with Gasteiger partial charge < -0.3 is 5.73 Å². The van der Waals surface area contributed by atoms with Gasteiger partial charge in [0.05, 0.1) is 21.8 Å². The minimum Gasteiger partial charge on any atom is -0.396 e. The Morgan fingerprint density at radius 2 is 1.90 bits per heavy atom. The molecule has 0 aliphatic heterocycles. The molecule has 0 amide bonds. The first kappa shape index (κ1) is 14.8. The molecule has 0 fully saturated rings. The van der Waals surface area contributed by atoms with Crippen molar-refractivity contribution in [1.82, 2.24) is 0 Å². The van der Waals surface area contributed by atoms with Gasteiger partial charge in [-0.3, -0.25) is 4.31 Å². The summed E-state index contributed by atoms with van der Waals surface area (Å²) in [6, 6.07) is 11.4. The lowest BCUT2D eigenvalue weighted by Crippen LogP contribution is -2.27. The third-order valence-corrected chi connectivity index (χ3v) is 4.76. The van der Waals surface area contributed by atoms with Crippen LogP contribution in [0.2, 0.25) is 0 Å². The van der Waals surface area contributed by atoms with Gasteiger partial charge in [0.1, 0.15) is 11.9 Å². The number of hydrogen-bond donors (Lipinski definition) is 1. The summed E-state index contributed by atoms with van der Waals surface area (Å²) in [6.07, 6.45) is 0. The lowest BCUT2D eigenvalue weighted by Gasteiger charge is -2.20.